The van der Waals surface area contributed by atoms with Crippen LogP contribution in [0.15, 0.2) is 36.7 Å². The quantitative estimate of drug-likeness (QED) is 0.692. The molecule has 0 amide bonds. The Morgan fingerprint density at radius 3 is 2.61 bits per heavy atom. The second kappa shape index (κ2) is 6.83. The van der Waals surface area contributed by atoms with Gasteiger partial charge in [0, 0.05) is 11.9 Å². The summed E-state index contributed by atoms with van der Waals surface area (Å²) in [4.78, 5) is 13.1. The number of nitrogens with zero attached hydrogens (tertiary/aromatic N) is 3. The average Bonchev–Trinajstić information content (AvgIpc) is 2.95. The molecule has 0 spiro atoms. The number of aromatic nitrogens is 2. The molecule has 0 aliphatic heterocycles. The summed E-state index contributed by atoms with van der Waals surface area (Å²) in [6, 6.07) is 9.73. The number of rotatable bonds is 6. The van der Waals surface area contributed by atoms with Crippen molar-refractivity contribution in [2.24, 2.45) is 0 Å². The smallest absolute Gasteiger partial charge is 0.140 e. The average molecular weight is 329 g/mol. The first-order valence-corrected chi connectivity index (χ1v) is 8.18. The Morgan fingerprint density at radius 2 is 1.87 bits per heavy atom. The Kier molecular flexibility index (Phi) is 4.62. The minimum Gasteiger partial charge on any atom is -0.497 e. The number of methoxy groups -OCH3 is 1. The van der Waals surface area contributed by atoms with E-state index >= 15 is 0 Å². The topological polar surface area (TPSA) is 47.5 Å². The molecule has 0 aliphatic carbocycles. The van der Waals surface area contributed by atoms with Gasteiger partial charge in [0.25, 0.3) is 0 Å². The molecule has 6 heteroatoms. The van der Waals surface area contributed by atoms with Crippen LogP contribution >= 0.6 is 11.3 Å². The summed E-state index contributed by atoms with van der Waals surface area (Å²) in [6.07, 6.45) is 1.62. The largest absolute Gasteiger partial charge is 0.497 e. The molecule has 2 aromatic heterocycles. The summed E-state index contributed by atoms with van der Waals surface area (Å²) in [5.41, 5.74) is 0. The molecule has 0 saturated carbocycles. The first kappa shape index (κ1) is 15.6. The highest BCUT2D eigenvalue weighted by Crippen LogP contribution is 2.29. The molecule has 23 heavy (non-hydrogen) atoms. The van der Waals surface area contributed by atoms with Crippen LogP contribution in [0, 0.1) is 6.92 Å². The fraction of sp³-hybridized carbons (Fsp3) is 0.294. The second-order valence-corrected chi connectivity index (χ2v) is 6.45. The van der Waals surface area contributed by atoms with Crippen LogP contribution in [0.3, 0.4) is 0 Å². The second-order valence-electron chi connectivity index (χ2n) is 5.22. The molecule has 5 nitrogen and oxygen atoms in total. The van der Waals surface area contributed by atoms with Gasteiger partial charge in [0.2, 0.25) is 0 Å². The van der Waals surface area contributed by atoms with E-state index in [1.807, 2.05) is 31.3 Å². The van der Waals surface area contributed by atoms with Gasteiger partial charge in [-0.25, -0.2) is 9.97 Å². The third-order valence-corrected chi connectivity index (χ3v) is 4.51. The standard InChI is InChI=1S/C17H19N3O2S/c1-12-10-15-16(18-11-19-17(15)23-12)20(2)8-9-22-14-6-4-13(21-3)5-7-14/h4-7,10-11H,8-9H2,1-3H3. The van der Waals surface area contributed by atoms with Crippen molar-refractivity contribution >= 4 is 27.4 Å². The molecule has 0 fully saturated rings. The summed E-state index contributed by atoms with van der Waals surface area (Å²) in [5, 5.41) is 1.10. The molecule has 0 radical (unpaired) electrons. The van der Waals surface area contributed by atoms with E-state index in [2.05, 4.69) is 27.9 Å². The van der Waals surface area contributed by atoms with Crippen LogP contribution in [-0.4, -0.2) is 37.3 Å². The Bertz CT molecular complexity index is 786. The van der Waals surface area contributed by atoms with Gasteiger partial charge in [-0.1, -0.05) is 0 Å². The van der Waals surface area contributed by atoms with Crippen molar-refractivity contribution in [3.63, 3.8) is 0 Å². The van der Waals surface area contributed by atoms with Crippen molar-refractivity contribution in [2.45, 2.75) is 6.92 Å². The lowest BCUT2D eigenvalue weighted by Crippen LogP contribution is -2.24. The molecular weight excluding hydrogens is 310 g/mol. The predicted octanol–water partition coefficient (Wildman–Crippen LogP) is 3.52. The number of ether oxygens (including phenoxy) is 2. The van der Waals surface area contributed by atoms with E-state index in [4.69, 9.17) is 9.47 Å². The zero-order valence-electron chi connectivity index (χ0n) is 13.4. The number of aryl methyl sites for hydroxylation is 1. The van der Waals surface area contributed by atoms with Crippen LogP contribution in [0.5, 0.6) is 11.5 Å². The van der Waals surface area contributed by atoms with Crippen molar-refractivity contribution < 1.29 is 9.47 Å². The summed E-state index contributed by atoms with van der Waals surface area (Å²) >= 11 is 1.69. The number of anilines is 1. The highest BCUT2D eigenvalue weighted by Gasteiger charge is 2.11. The molecule has 2 heterocycles. The summed E-state index contributed by atoms with van der Waals surface area (Å²) in [6.45, 7) is 3.41. The Morgan fingerprint density at radius 1 is 1.13 bits per heavy atom. The fourth-order valence-corrected chi connectivity index (χ4v) is 3.19. The molecule has 0 aliphatic rings. The van der Waals surface area contributed by atoms with Crippen LogP contribution in [0.1, 0.15) is 4.88 Å². The maximum atomic E-state index is 5.78. The molecule has 0 N–H and O–H groups in total. The number of benzene rings is 1. The molecule has 3 rings (SSSR count). The maximum absolute atomic E-state index is 5.78. The molecule has 3 aromatic rings. The molecule has 1 aromatic carbocycles. The molecule has 120 valence electrons. The predicted molar refractivity (Wildman–Crippen MR) is 93.9 cm³/mol. The van der Waals surface area contributed by atoms with Crippen LogP contribution in [0.2, 0.25) is 0 Å². The van der Waals surface area contributed by atoms with E-state index < -0.39 is 0 Å². The zero-order chi connectivity index (χ0) is 16.2. The lowest BCUT2D eigenvalue weighted by molar-refractivity contribution is 0.325. The Labute approximate surface area is 139 Å². The first-order chi connectivity index (χ1) is 11.2. The van der Waals surface area contributed by atoms with Gasteiger partial charge in [0.15, 0.2) is 0 Å². The Balaban J connectivity index is 1.63. The van der Waals surface area contributed by atoms with Gasteiger partial charge < -0.3 is 14.4 Å². The normalized spacial score (nSPS) is 10.7. The number of hydrogen-bond acceptors (Lipinski definition) is 6. The van der Waals surface area contributed by atoms with E-state index in [-0.39, 0.29) is 0 Å². The van der Waals surface area contributed by atoms with Crippen molar-refractivity contribution in [3.05, 3.63) is 41.5 Å². The van der Waals surface area contributed by atoms with Crippen molar-refractivity contribution in [1.82, 2.24) is 9.97 Å². The van der Waals surface area contributed by atoms with E-state index in [0.29, 0.717) is 6.61 Å². The third-order valence-electron chi connectivity index (χ3n) is 3.55. The number of thiophene rings is 1. The van der Waals surface area contributed by atoms with Gasteiger partial charge in [-0.05, 0) is 37.3 Å². The molecule has 0 unspecified atom stereocenters. The van der Waals surface area contributed by atoms with Crippen LogP contribution in [-0.2, 0) is 0 Å². The van der Waals surface area contributed by atoms with Gasteiger partial charge in [0.1, 0.15) is 35.1 Å². The lowest BCUT2D eigenvalue weighted by atomic mass is 10.3. The molecule has 0 saturated heterocycles. The highest BCUT2D eigenvalue weighted by molar-refractivity contribution is 7.18. The highest BCUT2D eigenvalue weighted by atomic mass is 32.1. The third kappa shape index (κ3) is 3.53. The van der Waals surface area contributed by atoms with E-state index in [0.717, 1.165) is 34.1 Å². The van der Waals surface area contributed by atoms with Gasteiger partial charge in [-0.15, -0.1) is 11.3 Å². The van der Waals surface area contributed by atoms with Crippen LogP contribution in [0.25, 0.3) is 10.2 Å². The lowest BCUT2D eigenvalue weighted by Gasteiger charge is -2.19. The van der Waals surface area contributed by atoms with Crippen molar-refractivity contribution in [1.29, 1.82) is 0 Å². The van der Waals surface area contributed by atoms with Crippen LogP contribution < -0.4 is 14.4 Å². The van der Waals surface area contributed by atoms with E-state index in [1.165, 1.54) is 4.88 Å². The fourth-order valence-electron chi connectivity index (χ4n) is 2.35. The minimum atomic E-state index is 0.581. The van der Waals surface area contributed by atoms with Gasteiger partial charge in [-0.2, -0.15) is 0 Å². The number of likely N-dealkylation sites (N-methyl/N-ethyl adjacent to an activating group) is 1. The van der Waals surface area contributed by atoms with Crippen LogP contribution in [0.4, 0.5) is 5.82 Å². The first-order valence-electron chi connectivity index (χ1n) is 7.36. The molecular formula is C17H19N3O2S. The van der Waals surface area contributed by atoms with Gasteiger partial charge >= 0.3 is 0 Å². The summed E-state index contributed by atoms with van der Waals surface area (Å²) in [7, 11) is 3.67. The molecule has 0 bridgehead atoms. The van der Waals surface area contributed by atoms with Crippen molar-refractivity contribution in [3.8, 4) is 11.5 Å². The summed E-state index contributed by atoms with van der Waals surface area (Å²) < 4.78 is 10.9. The Hall–Kier alpha value is -2.34. The van der Waals surface area contributed by atoms with E-state index in [1.54, 1.807) is 24.8 Å². The maximum Gasteiger partial charge on any atom is 0.140 e. The SMILES string of the molecule is COc1ccc(OCCN(C)c2ncnc3sc(C)cc23)cc1. The number of hydrogen-bond donors (Lipinski definition) is 0. The van der Waals surface area contributed by atoms with Gasteiger partial charge in [0.05, 0.1) is 19.0 Å². The number of fused-ring (bicyclic) bond motifs is 1. The van der Waals surface area contributed by atoms with Crippen molar-refractivity contribution in [2.75, 3.05) is 32.2 Å². The minimum absolute atomic E-state index is 0.581. The zero-order valence-corrected chi connectivity index (χ0v) is 14.3. The molecule has 0 atom stereocenters. The van der Waals surface area contributed by atoms with Gasteiger partial charge in [-0.3, -0.25) is 0 Å². The monoisotopic (exact) mass is 329 g/mol. The summed E-state index contributed by atoms with van der Waals surface area (Å²) in [5.74, 6) is 2.60. The van der Waals surface area contributed by atoms with E-state index in [9.17, 15) is 0 Å².